The minimum Gasteiger partial charge on any atom is -0.324 e. The Hall–Kier alpha value is -1.45. The van der Waals surface area contributed by atoms with Crippen LogP contribution in [-0.2, 0) is 4.79 Å². The molecule has 0 saturated carbocycles. The molecule has 0 saturated heterocycles. The van der Waals surface area contributed by atoms with E-state index in [1.807, 2.05) is 6.08 Å². The second kappa shape index (κ2) is 9.46. The van der Waals surface area contributed by atoms with E-state index in [2.05, 4.69) is 35.6 Å². The van der Waals surface area contributed by atoms with Crippen LogP contribution >= 0.6 is 0 Å². The molecule has 108 valence electrons. The Labute approximate surface area is 123 Å². The van der Waals surface area contributed by atoms with Crippen molar-refractivity contribution in [2.24, 2.45) is 9.81 Å². The lowest BCUT2D eigenvalue weighted by Gasteiger charge is -2.09. The number of carbonyl (C=O) groups is 1. The summed E-state index contributed by atoms with van der Waals surface area (Å²) in [5, 5.41) is 0. The van der Waals surface area contributed by atoms with Crippen molar-refractivity contribution in [1.82, 2.24) is 0 Å². The van der Waals surface area contributed by atoms with E-state index in [9.17, 15) is 4.79 Å². The highest BCUT2D eigenvalue weighted by Gasteiger charge is 2.18. The van der Waals surface area contributed by atoms with Gasteiger partial charge in [-0.15, -0.1) is 0 Å². The number of rotatable bonds is 9. The van der Waals surface area contributed by atoms with Crippen molar-refractivity contribution in [2.45, 2.75) is 58.8 Å². The molecule has 20 heavy (non-hydrogen) atoms. The Bertz CT molecular complexity index is 424. The Kier molecular flexibility index (Phi) is 7.85. The van der Waals surface area contributed by atoms with Crippen molar-refractivity contribution in [3.8, 4) is 0 Å². The molecule has 0 bridgehead atoms. The van der Waals surface area contributed by atoms with E-state index in [0.29, 0.717) is 12.1 Å². The summed E-state index contributed by atoms with van der Waals surface area (Å²) in [6.07, 6.45) is 13.4. The monoisotopic (exact) mass is 272 g/mol. The number of carbonyl (C=O) groups excluding carboxylic acids is 1. The van der Waals surface area contributed by atoms with Gasteiger partial charge in [0.05, 0.1) is 5.71 Å². The molecular weight excluding hydrogens is 247 g/mol. The van der Waals surface area contributed by atoms with E-state index >= 15 is 0 Å². The van der Waals surface area contributed by atoms with Crippen molar-refractivity contribution in [3.63, 3.8) is 0 Å². The molecule has 0 aromatic heterocycles. The summed E-state index contributed by atoms with van der Waals surface area (Å²) in [6.45, 7) is 7.22. The van der Waals surface area contributed by atoms with E-state index in [1.165, 1.54) is 12.8 Å². The van der Waals surface area contributed by atoms with Crippen molar-refractivity contribution in [1.29, 1.82) is 0 Å². The number of ketones is 1. The molecule has 0 spiro atoms. The number of hydrogen-bond acceptors (Lipinski definition) is 3. The molecule has 0 heterocycles. The highest BCUT2D eigenvalue weighted by atomic mass is 16.1. The summed E-state index contributed by atoms with van der Waals surface area (Å²) < 4.78 is 0. The van der Waals surface area contributed by atoms with E-state index in [-0.39, 0.29) is 12.8 Å². The summed E-state index contributed by atoms with van der Waals surface area (Å²) >= 11 is 0. The van der Waals surface area contributed by atoms with Gasteiger partial charge in [0, 0.05) is 6.42 Å². The fourth-order valence-electron chi connectivity index (χ4n) is 2.19. The second-order valence-electron chi connectivity index (χ2n) is 5.19. The first-order chi connectivity index (χ1) is 9.69. The van der Waals surface area contributed by atoms with Gasteiger partial charge in [-0.2, -0.15) is 0 Å². The first kappa shape index (κ1) is 16.6. The Morgan fingerprint density at radius 3 is 2.75 bits per heavy atom. The summed E-state index contributed by atoms with van der Waals surface area (Å²) in [7, 11) is 0. The molecule has 1 rings (SSSR count). The standard InChI is InChI=1S/C16H25BN2O/c1-4-5-6-10-13-16(20)14(2)19-17(18-3)15-11-8-7-9-12-15/h8,11-12H,3-7,9-10,13H2,1-2H3. The van der Waals surface area contributed by atoms with Crippen LogP contribution in [0.1, 0.15) is 58.8 Å². The molecular formula is C16H25BN2O. The van der Waals surface area contributed by atoms with Gasteiger partial charge in [-0.25, -0.2) is 0 Å². The zero-order valence-electron chi connectivity index (χ0n) is 12.8. The third kappa shape index (κ3) is 5.68. The number of Topliss-reactive ketones (excluding diaryl/α,β-unsaturated/α-hetero) is 1. The molecule has 0 radical (unpaired) electrons. The maximum atomic E-state index is 12.0. The fourth-order valence-corrected chi connectivity index (χ4v) is 2.19. The third-order valence-corrected chi connectivity index (χ3v) is 3.47. The largest absolute Gasteiger partial charge is 0.447 e. The smallest absolute Gasteiger partial charge is 0.324 e. The van der Waals surface area contributed by atoms with Crippen molar-refractivity contribution in [3.05, 3.63) is 23.7 Å². The van der Waals surface area contributed by atoms with Crippen molar-refractivity contribution < 1.29 is 4.79 Å². The molecule has 1 aliphatic rings. The molecule has 0 amide bonds. The van der Waals surface area contributed by atoms with Gasteiger partial charge in [0.1, 0.15) is 0 Å². The van der Waals surface area contributed by atoms with E-state index in [0.717, 1.165) is 31.2 Å². The molecule has 3 nitrogen and oxygen atoms in total. The van der Waals surface area contributed by atoms with E-state index < -0.39 is 0 Å². The van der Waals surface area contributed by atoms with Crippen LogP contribution in [0.5, 0.6) is 0 Å². The third-order valence-electron chi connectivity index (χ3n) is 3.47. The normalized spacial score (nSPS) is 14.9. The zero-order valence-corrected chi connectivity index (χ0v) is 12.8. The SMILES string of the molecule is C=NB(N=C(C)C(=O)CCCCCC)C1=CCCC=C1. The lowest BCUT2D eigenvalue weighted by molar-refractivity contribution is -0.113. The molecule has 0 atom stereocenters. The van der Waals surface area contributed by atoms with Gasteiger partial charge < -0.3 is 9.81 Å². The van der Waals surface area contributed by atoms with E-state index in [1.54, 1.807) is 6.92 Å². The lowest BCUT2D eigenvalue weighted by Crippen LogP contribution is -2.18. The van der Waals surface area contributed by atoms with Crippen LogP contribution in [0, 0.1) is 0 Å². The van der Waals surface area contributed by atoms with Gasteiger partial charge in [0.25, 0.3) is 0 Å². The molecule has 0 aliphatic heterocycles. The molecule has 4 heteroatoms. The van der Waals surface area contributed by atoms with E-state index in [4.69, 9.17) is 0 Å². The Morgan fingerprint density at radius 2 is 2.15 bits per heavy atom. The van der Waals surface area contributed by atoms with Crippen LogP contribution in [-0.4, -0.2) is 25.2 Å². The maximum absolute atomic E-state index is 12.0. The average Bonchev–Trinajstić information content (AvgIpc) is 2.49. The lowest BCUT2D eigenvalue weighted by atomic mass is 9.67. The second-order valence-corrected chi connectivity index (χ2v) is 5.19. The fraction of sp³-hybridized carbons (Fsp3) is 0.562. The average molecular weight is 272 g/mol. The predicted molar refractivity (Wildman–Crippen MR) is 88.6 cm³/mol. The topological polar surface area (TPSA) is 41.8 Å². The minimum absolute atomic E-state index is 0.134. The quantitative estimate of drug-likeness (QED) is 0.355. The van der Waals surface area contributed by atoms with Crippen LogP contribution in [0.25, 0.3) is 0 Å². The number of nitrogens with zero attached hydrogens (tertiary/aromatic N) is 2. The Morgan fingerprint density at radius 1 is 1.35 bits per heavy atom. The zero-order chi connectivity index (χ0) is 14.8. The van der Waals surface area contributed by atoms with Crippen LogP contribution in [0.15, 0.2) is 33.5 Å². The van der Waals surface area contributed by atoms with Crippen LogP contribution in [0.2, 0.25) is 0 Å². The van der Waals surface area contributed by atoms with Crippen LogP contribution < -0.4 is 0 Å². The van der Waals surface area contributed by atoms with Gasteiger partial charge in [-0.05, 0) is 38.4 Å². The molecule has 1 aliphatic carbocycles. The van der Waals surface area contributed by atoms with Crippen LogP contribution in [0.3, 0.4) is 0 Å². The number of unbranched alkanes of at least 4 members (excludes halogenated alkanes) is 3. The Balaban J connectivity index is 2.56. The molecule has 0 aromatic carbocycles. The van der Waals surface area contributed by atoms with Crippen LogP contribution in [0.4, 0.5) is 0 Å². The van der Waals surface area contributed by atoms with Crippen molar-refractivity contribution in [2.75, 3.05) is 0 Å². The van der Waals surface area contributed by atoms with Gasteiger partial charge in [-0.3, -0.25) is 4.79 Å². The molecule has 0 N–H and O–H groups in total. The highest BCUT2D eigenvalue weighted by molar-refractivity contribution is 6.67. The predicted octanol–water partition coefficient (Wildman–Crippen LogP) is 3.99. The molecule has 0 aromatic rings. The minimum atomic E-state index is -0.328. The highest BCUT2D eigenvalue weighted by Crippen LogP contribution is 2.14. The molecule has 0 fully saturated rings. The summed E-state index contributed by atoms with van der Waals surface area (Å²) in [5.41, 5.74) is 1.61. The summed E-state index contributed by atoms with van der Waals surface area (Å²) in [6, 6.07) is 0. The molecule has 0 unspecified atom stereocenters. The first-order valence-electron chi connectivity index (χ1n) is 7.59. The first-order valence-corrected chi connectivity index (χ1v) is 7.59. The van der Waals surface area contributed by atoms with Gasteiger partial charge in [0.15, 0.2) is 5.78 Å². The van der Waals surface area contributed by atoms with Gasteiger partial charge in [0.2, 0.25) is 0 Å². The summed E-state index contributed by atoms with van der Waals surface area (Å²) in [4.78, 5) is 20.5. The van der Waals surface area contributed by atoms with Crippen molar-refractivity contribution >= 4 is 25.2 Å². The maximum Gasteiger partial charge on any atom is 0.447 e. The van der Waals surface area contributed by atoms with Gasteiger partial charge in [-0.1, -0.05) is 44.4 Å². The summed E-state index contributed by atoms with van der Waals surface area (Å²) in [5.74, 6) is 0.134. The van der Waals surface area contributed by atoms with Gasteiger partial charge >= 0.3 is 6.98 Å². The number of allylic oxidation sites excluding steroid dienone is 4. The number of hydrogen-bond donors (Lipinski definition) is 0.